The third-order valence-corrected chi connectivity index (χ3v) is 4.39. The predicted molar refractivity (Wildman–Crippen MR) is 105 cm³/mol. The Balaban J connectivity index is 1.49. The molecule has 0 spiro atoms. The summed E-state index contributed by atoms with van der Waals surface area (Å²) in [5, 5.41) is 4.01. The van der Waals surface area contributed by atoms with Gasteiger partial charge in [0.15, 0.2) is 11.5 Å². The SMILES string of the molecule is CCOc1c(Cl)cc(CNCCCc2nc3ccccc3[nH]2)cc1OC. The number of nitrogens with one attached hydrogen (secondary N) is 2. The Kier molecular flexibility index (Phi) is 6.36. The van der Waals surface area contributed by atoms with Crippen molar-refractivity contribution in [2.45, 2.75) is 26.3 Å². The molecule has 0 bridgehead atoms. The second kappa shape index (κ2) is 8.92. The van der Waals surface area contributed by atoms with Gasteiger partial charge in [-0.25, -0.2) is 4.98 Å². The van der Waals surface area contributed by atoms with E-state index in [9.17, 15) is 0 Å². The van der Waals surface area contributed by atoms with Gasteiger partial charge >= 0.3 is 0 Å². The topological polar surface area (TPSA) is 59.2 Å². The number of fused-ring (bicyclic) bond motifs is 1. The van der Waals surface area contributed by atoms with E-state index in [0.717, 1.165) is 48.4 Å². The van der Waals surface area contributed by atoms with Gasteiger partial charge in [0.1, 0.15) is 5.82 Å². The van der Waals surface area contributed by atoms with Crippen LogP contribution in [-0.2, 0) is 13.0 Å². The van der Waals surface area contributed by atoms with Gasteiger partial charge in [-0.2, -0.15) is 0 Å². The van der Waals surface area contributed by atoms with Crippen molar-refractivity contribution in [3.8, 4) is 11.5 Å². The molecular weight excluding hydrogens is 350 g/mol. The maximum Gasteiger partial charge on any atom is 0.179 e. The van der Waals surface area contributed by atoms with E-state index >= 15 is 0 Å². The molecule has 0 saturated carbocycles. The first kappa shape index (κ1) is 18.5. The van der Waals surface area contributed by atoms with Gasteiger partial charge in [0.25, 0.3) is 0 Å². The molecular formula is C20H24ClN3O2. The third-order valence-electron chi connectivity index (χ3n) is 4.11. The van der Waals surface area contributed by atoms with E-state index in [1.807, 2.05) is 43.3 Å². The Bertz CT molecular complexity index is 830. The molecule has 0 amide bonds. The number of rotatable bonds is 9. The minimum Gasteiger partial charge on any atom is -0.493 e. The molecule has 5 nitrogen and oxygen atoms in total. The highest BCUT2D eigenvalue weighted by atomic mass is 35.5. The number of aryl methyl sites for hydroxylation is 1. The van der Waals surface area contributed by atoms with Crippen LogP contribution < -0.4 is 14.8 Å². The summed E-state index contributed by atoms with van der Waals surface area (Å²) in [5.74, 6) is 2.29. The van der Waals surface area contributed by atoms with E-state index in [0.29, 0.717) is 23.1 Å². The average molecular weight is 374 g/mol. The largest absolute Gasteiger partial charge is 0.493 e. The van der Waals surface area contributed by atoms with Gasteiger partial charge in [0.05, 0.1) is 29.8 Å². The van der Waals surface area contributed by atoms with E-state index in [1.54, 1.807) is 7.11 Å². The predicted octanol–water partition coefficient (Wildman–Crippen LogP) is 4.35. The van der Waals surface area contributed by atoms with Gasteiger partial charge in [-0.1, -0.05) is 23.7 Å². The summed E-state index contributed by atoms with van der Waals surface area (Å²) in [6.45, 7) is 4.09. The highest BCUT2D eigenvalue weighted by molar-refractivity contribution is 6.32. The van der Waals surface area contributed by atoms with Crippen molar-refractivity contribution in [3.63, 3.8) is 0 Å². The number of H-pyrrole nitrogens is 1. The minimum absolute atomic E-state index is 0.551. The summed E-state index contributed by atoms with van der Waals surface area (Å²) >= 11 is 6.31. The highest BCUT2D eigenvalue weighted by Gasteiger charge is 2.11. The molecule has 0 unspecified atom stereocenters. The fraction of sp³-hybridized carbons (Fsp3) is 0.350. The number of imidazole rings is 1. The van der Waals surface area contributed by atoms with Gasteiger partial charge in [-0.05, 0) is 49.7 Å². The second-order valence-corrected chi connectivity index (χ2v) is 6.43. The van der Waals surface area contributed by atoms with E-state index in [2.05, 4.69) is 15.3 Å². The molecule has 0 aliphatic carbocycles. The lowest BCUT2D eigenvalue weighted by Gasteiger charge is -2.13. The number of methoxy groups -OCH3 is 1. The molecule has 2 N–H and O–H groups in total. The number of hydrogen-bond acceptors (Lipinski definition) is 4. The highest BCUT2D eigenvalue weighted by Crippen LogP contribution is 2.36. The molecule has 1 aromatic heterocycles. The molecule has 138 valence electrons. The lowest BCUT2D eigenvalue weighted by molar-refractivity contribution is 0.311. The Morgan fingerprint density at radius 1 is 1.23 bits per heavy atom. The van der Waals surface area contributed by atoms with Crippen molar-refractivity contribution in [1.82, 2.24) is 15.3 Å². The van der Waals surface area contributed by atoms with E-state index in [1.165, 1.54) is 0 Å². The third kappa shape index (κ3) is 4.48. The number of aromatic nitrogens is 2. The van der Waals surface area contributed by atoms with Crippen molar-refractivity contribution >= 4 is 22.6 Å². The van der Waals surface area contributed by atoms with Crippen molar-refractivity contribution in [1.29, 1.82) is 0 Å². The van der Waals surface area contributed by atoms with E-state index in [-0.39, 0.29) is 0 Å². The maximum atomic E-state index is 6.31. The number of aromatic amines is 1. The molecule has 0 saturated heterocycles. The van der Waals surface area contributed by atoms with Crippen LogP contribution in [-0.4, -0.2) is 30.2 Å². The molecule has 0 atom stereocenters. The molecule has 3 rings (SSSR count). The number of nitrogens with zero attached hydrogens (tertiary/aromatic N) is 1. The minimum atomic E-state index is 0.551. The number of ether oxygens (including phenoxy) is 2. The number of halogens is 1. The summed E-state index contributed by atoms with van der Waals surface area (Å²) in [4.78, 5) is 7.96. The number of hydrogen-bond donors (Lipinski definition) is 2. The quantitative estimate of drug-likeness (QED) is 0.547. The van der Waals surface area contributed by atoms with Gasteiger partial charge in [0, 0.05) is 13.0 Å². The Morgan fingerprint density at radius 3 is 2.85 bits per heavy atom. The Morgan fingerprint density at radius 2 is 2.08 bits per heavy atom. The van der Waals surface area contributed by atoms with Crippen LogP contribution in [0, 0.1) is 0 Å². The standard InChI is InChI=1S/C20H24ClN3O2/c1-3-26-20-15(21)11-14(12-18(20)25-2)13-22-10-6-9-19-23-16-7-4-5-8-17(16)24-19/h4-5,7-8,11-12,22H,3,6,9-10,13H2,1-2H3,(H,23,24). The lowest BCUT2D eigenvalue weighted by Crippen LogP contribution is -2.15. The fourth-order valence-corrected chi connectivity index (χ4v) is 3.19. The zero-order valence-corrected chi connectivity index (χ0v) is 15.9. The molecule has 0 aliphatic rings. The Labute approximate surface area is 158 Å². The van der Waals surface area contributed by atoms with Crippen LogP contribution in [0.4, 0.5) is 0 Å². The van der Waals surface area contributed by atoms with Gasteiger partial charge in [-0.15, -0.1) is 0 Å². The van der Waals surface area contributed by atoms with Gasteiger partial charge in [-0.3, -0.25) is 0 Å². The number of para-hydroxylation sites is 2. The van der Waals surface area contributed by atoms with Gasteiger partial charge < -0.3 is 19.8 Å². The molecule has 0 radical (unpaired) electrons. The first-order chi connectivity index (χ1) is 12.7. The summed E-state index contributed by atoms with van der Waals surface area (Å²) in [5.41, 5.74) is 3.18. The maximum absolute atomic E-state index is 6.31. The van der Waals surface area contributed by atoms with E-state index in [4.69, 9.17) is 21.1 Å². The summed E-state index contributed by atoms with van der Waals surface area (Å²) < 4.78 is 10.9. The number of benzene rings is 2. The molecule has 0 aliphatic heterocycles. The molecule has 6 heteroatoms. The molecule has 3 aromatic rings. The van der Waals surface area contributed by atoms with Crippen LogP contribution in [0.5, 0.6) is 11.5 Å². The first-order valence-corrected chi connectivity index (χ1v) is 9.22. The normalized spacial score (nSPS) is 11.0. The monoisotopic (exact) mass is 373 g/mol. The smallest absolute Gasteiger partial charge is 0.179 e. The van der Waals surface area contributed by atoms with Crippen molar-refractivity contribution in [3.05, 3.63) is 52.8 Å². The molecule has 26 heavy (non-hydrogen) atoms. The second-order valence-electron chi connectivity index (χ2n) is 6.02. The van der Waals surface area contributed by atoms with Gasteiger partial charge in [0.2, 0.25) is 0 Å². The Hall–Kier alpha value is -2.24. The van der Waals surface area contributed by atoms with Crippen LogP contribution >= 0.6 is 11.6 Å². The molecule has 1 heterocycles. The summed E-state index contributed by atoms with van der Waals surface area (Å²) in [7, 11) is 1.62. The van der Waals surface area contributed by atoms with Crippen molar-refractivity contribution in [2.24, 2.45) is 0 Å². The van der Waals surface area contributed by atoms with Crippen LogP contribution in [0.3, 0.4) is 0 Å². The van der Waals surface area contributed by atoms with Crippen LogP contribution in [0.1, 0.15) is 24.7 Å². The van der Waals surface area contributed by atoms with E-state index < -0.39 is 0 Å². The van der Waals surface area contributed by atoms with Crippen LogP contribution in [0.2, 0.25) is 5.02 Å². The average Bonchev–Trinajstić information content (AvgIpc) is 3.06. The zero-order chi connectivity index (χ0) is 18.4. The lowest BCUT2D eigenvalue weighted by atomic mass is 10.2. The zero-order valence-electron chi connectivity index (χ0n) is 15.1. The summed E-state index contributed by atoms with van der Waals surface area (Å²) in [6.07, 6.45) is 1.91. The van der Waals surface area contributed by atoms with Crippen molar-refractivity contribution in [2.75, 3.05) is 20.3 Å². The van der Waals surface area contributed by atoms with Crippen molar-refractivity contribution < 1.29 is 9.47 Å². The summed E-state index contributed by atoms with van der Waals surface area (Å²) in [6, 6.07) is 12.0. The first-order valence-electron chi connectivity index (χ1n) is 8.84. The molecule has 2 aromatic carbocycles. The molecule has 0 fully saturated rings. The van der Waals surface area contributed by atoms with Crippen LogP contribution in [0.15, 0.2) is 36.4 Å². The fourth-order valence-electron chi connectivity index (χ4n) is 2.90. The van der Waals surface area contributed by atoms with Crippen LogP contribution in [0.25, 0.3) is 11.0 Å².